The number of carboxylic acid groups (broad SMARTS) is 1. The summed E-state index contributed by atoms with van der Waals surface area (Å²) in [5.41, 5.74) is -0.0602. The first-order chi connectivity index (χ1) is 8.40. The van der Waals surface area contributed by atoms with Crippen molar-refractivity contribution in [3.63, 3.8) is 0 Å². The predicted molar refractivity (Wildman–Crippen MR) is 62.3 cm³/mol. The Morgan fingerprint density at radius 1 is 1.50 bits per heavy atom. The van der Waals surface area contributed by atoms with Gasteiger partial charge in [-0.2, -0.15) is 0 Å². The number of carbonyl (C=O) groups excluding carboxylic acids is 1. The summed E-state index contributed by atoms with van der Waals surface area (Å²) >= 11 is 0. The molecule has 7 nitrogen and oxygen atoms in total. The van der Waals surface area contributed by atoms with Crippen LogP contribution in [0.2, 0.25) is 0 Å². The Labute approximate surface area is 103 Å². The van der Waals surface area contributed by atoms with Crippen molar-refractivity contribution in [1.82, 2.24) is 5.32 Å². The standard InChI is InChI=1S/C11H12N2O5/c1-7(5-10(14)15)12-11(16)8-3-2-4-9(6-8)13(17)18/h2-4,6-7H,5H2,1H3,(H,12,16)(H,14,15). The van der Waals surface area contributed by atoms with Gasteiger partial charge in [0.05, 0.1) is 11.3 Å². The summed E-state index contributed by atoms with van der Waals surface area (Å²) in [6.07, 6.45) is -0.208. The highest BCUT2D eigenvalue weighted by Gasteiger charge is 2.14. The zero-order valence-electron chi connectivity index (χ0n) is 9.62. The fraction of sp³-hybridized carbons (Fsp3) is 0.273. The molecule has 0 aliphatic heterocycles. The van der Waals surface area contributed by atoms with Crippen LogP contribution in [0.3, 0.4) is 0 Å². The van der Waals surface area contributed by atoms with Gasteiger partial charge in [0.2, 0.25) is 0 Å². The summed E-state index contributed by atoms with van der Waals surface area (Å²) in [6.45, 7) is 1.55. The molecule has 7 heteroatoms. The molecule has 0 aromatic heterocycles. The molecule has 0 fully saturated rings. The maximum absolute atomic E-state index is 11.7. The van der Waals surface area contributed by atoms with Crippen molar-refractivity contribution in [2.45, 2.75) is 19.4 Å². The van der Waals surface area contributed by atoms with Gasteiger partial charge >= 0.3 is 5.97 Å². The molecule has 1 unspecified atom stereocenters. The van der Waals surface area contributed by atoms with Crippen LogP contribution in [0.1, 0.15) is 23.7 Å². The van der Waals surface area contributed by atoms with Gasteiger partial charge in [-0.1, -0.05) is 6.07 Å². The van der Waals surface area contributed by atoms with Crippen molar-refractivity contribution in [2.75, 3.05) is 0 Å². The maximum Gasteiger partial charge on any atom is 0.305 e. The van der Waals surface area contributed by atoms with Crippen LogP contribution in [0, 0.1) is 10.1 Å². The largest absolute Gasteiger partial charge is 0.481 e. The first kappa shape index (κ1) is 13.6. The Balaban J connectivity index is 2.75. The Bertz CT molecular complexity index is 486. The molecule has 2 N–H and O–H groups in total. The van der Waals surface area contributed by atoms with Gasteiger partial charge in [0, 0.05) is 23.7 Å². The van der Waals surface area contributed by atoms with Crippen molar-refractivity contribution in [3.8, 4) is 0 Å². The molecule has 1 amide bonds. The summed E-state index contributed by atoms with van der Waals surface area (Å²) in [5.74, 6) is -1.56. The van der Waals surface area contributed by atoms with Crippen LogP contribution < -0.4 is 5.32 Å². The van der Waals surface area contributed by atoms with Crippen LogP contribution >= 0.6 is 0 Å². The lowest BCUT2D eigenvalue weighted by molar-refractivity contribution is -0.384. The van der Waals surface area contributed by atoms with E-state index in [4.69, 9.17) is 5.11 Å². The lowest BCUT2D eigenvalue weighted by Crippen LogP contribution is -2.34. The Morgan fingerprint density at radius 2 is 2.17 bits per heavy atom. The number of carbonyl (C=O) groups is 2. The lowest BCUT2D eigenvalue weighted by atomic mass is 10.1. The zero-order chi connectivity index (χ0) is 13.7. The number of nitro benzene ring substituents is 1. The second kappa shape index (κ2) is 5.76. The number of nitrogens with zero attached hydrogens (tertiary/aromatic N) is 1. The minimum Gasteiger partial charge on any atom is -0.481 e. The Hall–Kier alpha value is -2.44. The number of rotatable bonds is 5. The summed E-state index contributed by atoms with van der Waals surface area (Å²) in [5, 5.41) is 21.5. The molecule has 1 atom stereocenters. The topological polar surface area (TPSA) is 110 Å². The van der Waals surface area contributed by atoms with Crippen LogP contribution in [0.15, 0.2) is 24.3 Å². The van der Waals surface area contributed by atoms with Crippen molar-refractivity contribution in [3.05, 3.63) is 39.9 Å². The van der Waals surface area contributed by atoms with E-state index in [2.05, 4.69) is 5.32 Å². The van der Waals surface area contributed by atoms with E-state index in [1.54, 1.807) is 6.92 Å². The van der Waals surface area contributed by atoms with Gasteiger partial charge in [-0.15, -0.1) is 0 Å². The van der Waals surface area contributed by atoms with Gasteiger partial charge in [0.25, 0.3) is 11.6 Å². The summed E-state index contributed by atoms with van der Waals surface area (Å²) in [7, 11) is 0. The van der Waals surface area contributed by atoms with E-state index in [1.807, 2.05) is 0 Å². The predicted octanol–water partition coefficient (Wildman–Crippen LogP) is 1.19. The molecular formula is C11H12N2O5. The molecule has 0 bridgehead atoms. The summed E-state index contributed by atoms with van der Waals surface area (Å²) in [4.78, 5) is 32.1. The fourth-order valence-corrected chi connectivity index (χ4v) is 1.38. The number of benzene rings is 1. The summed E-state index contributed by atoms with van der Waals surface area (Å²) < 4.78 is 0. The molecule has 0 radical (unpaired) electrons. The minimum atomic E-state index is -1.03. The van der Waals surface area contributed by atoms with Gasteiger partial charge in [0.15, 0.2) is 0 Å². The molecule has 96 valence electrons. The van der Waals surface area contributed by atoms with E-state index in [0.717, 1.165) is 6.07 Å². The number of hydrogen-bond acceptors (Lipinski definition) is 4. The van der Waals surface area contributed by atoms with E-state index in [-0.39, 0.29) is 17.7 Å². The van der Waals surface area contributed by atoms with E-state index in [1.165, 1.54) is 18.2 Å². The number of nitro groups is 1. The average molecular weight is 252 g/mol. The first-order valence-corrected chi connectivity index (χ1v) is 5.17. The fourth-order valence-electron chi connectivity index (χ4n) is 1.38. The van der Waals surface area contributed by atoms with Crippen molar-refractivity contribution in [2.24, 2.45) is 0 Å². The van der Waals surface area contributed by atoms with E-state index in [0.29, 0.717) is 0 Å². The zero-order valence-corrected chi connectivity index (χ0v) is 9.62. The lowest BCUT2D eigenvalue weighted by Gasteiger charge is -2.11. The number of hydrogen-bond donors (Lipinski definition) is 2. The molecule has 1 aromatic carbocycles. The number of nitrogens with one attached hydrogen (secondary N) is 1. The van der Waals surface area contributed by atoms with Gasteiger partial charge < -0.3 is 10.4 Å². The molecule has 0 saturated heterocycles. The smallest absolute Gasteiger partial charge is 0.305 e. The number of amides is 1. The first-order valence-electron chi connectivity index (χ1n) is 5.17. The van der Waals surface area contributed by atoms with Crippen LogP contribution in [0.4, 0.5) is 5.69 Å². The number of carboxylic acids is 1. The van der Waals surface area contributed by atoms with Crippen molar-refractivity contribution < 1.29 is 19.6 Å². The van der Waals surface area contributed by atoms with Crippen molar-refractivity contribution >= 4 is 17.6 Å². The molecule has 0 saturated carbocycles. The van der Waals surface area contributed by atoms with Gasteiger partial charge in [-0.3, -0.25) is 19.7 Å². The highest BCUT2D eigenvalue weighted by molar-refractivity contribution is 5.95. The Morgan fingerprint density at radius 3 is 2.72 bits per heavy atom. The summed E-state index contributed by atoms with van der Waals surface area (Å²) in [6, 6.07) is 4.69. The molecule has 1 rings (SSSR count). The highest BCUT2D eigenvalue weighted by Crippen LogP contribution is 2.13. The monoisotopic (exact) mass is 252 g/mol. The van der Waals surface area contributed by atoms with Gasteiger partial charge in [-0.25, -0.2) is 0 Å². The van der Waals surface area contributed by atoms with Crippen LogP contribution in [-0.2, 0) is 4.79 Å². The second-order valence-electron chi connectivity index (χ2n) is 3.78. The molecular weight excluding hydrogens is 240 g/mol. The molecule has 0 aliphatic carbocycles. The third-order valence-electron chi connectivity index (χ3n) is 2.18. The second-order valence-corrected chi connectivity index (χ2v) is 3.78. The minimum absolute atomic E-state index is 0.126. The van der Waals surface area contributed by atoms with Crippen LogP contribution in [0.5, 0.6) is 0 Å². The van der Waals surface area contributed by atoms with Gasteiger partial charge in [0.1, 0.15) is 0 Å². The molecule has 18 heavy (non-hydrogen) atoms. The SMILES string of the molecule is CC(CC(=O)O)NC(=O)c1cccc([N+](=O)[O-])c1. The van der Waals surface area contributed by atoms with E-state index in [9.17, 15) is 19.7 Å². The quantitative estimate of drug-likeness (QED) is 0.604. The number of aliphatic carboxylic acids is 1. The normalized spacial score (nSPS) is 11.6. The molecule has 0 aliphatic rings. The number of non-ortho nitro benzene ring substituents is 1. The third kappa shape index (κ3) is 3.85. The van der Waals surface area contributed by atoms with Crippen LogP contribution in [-0.4, -0.2) is 27.9 Å². The van der Waals surface area contributed by atoms with E-state index < -0.39 is 22.8 Å². The van der Waals surface area contributed by atoms with E-state index >= 15 is 0 Å². The van der Waals surface area contributed by atoms with Gasteiger partial charge in [-0.05, 0) is 13.0 Å². The Kier molecular flexibility index (Phi) is 4.36. The molecule has 0 spiro atoms. The van der Waals surface area contributed by atoms with Crippen LogP contribution in [0.25, 0.3) is 0 Å². The third-order valence-corrected chi connectivity index (χ3v) is 2.18. The molecule has 0 heterocycles. The molecule has 1 aromatic rings. The average Bonchev–Trinajstić information content (AvgIpc) is 2.27. The maximum atomic E-state index is 11.7. The van der Waals surface area contributed by atoms with Crippen molar-refractivity contribution in [1.29, 1.82) is 0 Å². The highest BCUT2D eigenvalue weighted by atomic mass is 16.6.